The molecule has 0 bridgehead atoms. The Labute approximate surface area is 86.7 Å². The molecule has 11 heavy (non-hydrogen) atoms. The van der Waals surface area contributed by atoms with Crippen LogP contribution in [0.1, 0.15) is 0 Å². The minimum absolute atomic E-state index is 0.794. The molecule has 0 fully saturated rings. The molecule has 62 valence electrons. The van der Waals surface area contributed by atoms with Crippen molar-refractivity contribution in [3.8, 4) is 0 Å². The molecule has 0 aliphatic carbocycles. The standard InChI is InChI=1S/C6H5Cl.Cl3HSi/c7-6-4-2-1-3-5-6;1-4(2)3/h1-5H;4H. The summed E-state index contributed by atoms with van der Waals surface area (Å²) in [6, 6.07) is 9.44. The normalized spacial score (nSPS) is 8.82. The quantitative estimate of drug-likeness (QED) is 0.484. The third kappa shape index (κ3) is 10.6. The van der Waals surface area contributed by atoms with Gasteiger partial charge < -0.3 is 0 Å². The Bertz CT molecular complexity index is 174. The summed E-state index contributed by atoms with van der Waals surface area (Å²) in [4.78, 5) is 0. The summed E-state index contributed by atoms with van der Waals surface area (Å²) < 4.78 is 0. The maximum absolute atomic E-state index is 5.54. The SMILES string of the molecule is Cl[SiH](Cl)Cl.Clc1ccccc1. The molecule has 0 amide bonds. The Hall–Kier alpha value is 0.597. The summed E-state index contributed by atoms with van der Waals surface area (Å²) in [5, 5.41) is 0.794. The number of rotatable bonds is 0. The molecule has 0 aliphatic rings. The lowest BCUT2D eigenvalue weighted by Crippen LogP contribution is -1.66. The first-order valence-corrected chi connectivity index (χ1v) is 8.37. The van der Waals surface area contributed by atoms with Gasteiger partial charge in [0, 0.05) is 5.02 Å². The lowest BCUT2D eigenvalue weighted by molar-refractivity contribution is 1.71. The maximum Gasteiger partial charge on any atom is 0.326 e. The summed E-state index contributed by atoms with van der Waals surface area (Å²) in [6.45, 7) is -1.72. The van der Waals surface area contributed by atoms with Gasteiger partial charge in [0.05, 0.1) is 0 Å². The van der Waals surface area contributed by atoms with E-state index in [2.05, 4.69) is 0 Å². The van der Waals surface area contributed by atoms with Crippen molar-refractivity contribution >= 4 is 51.6 Å². The van der Waals surface area contributed by atoms with E-state index in [4.69, 9.17) is 44.8 Å². The smallest absolute Gasteiger partial charge is 0.130 e. The van der Waals surface area contributed by atoms with Crippen LogP contribution in [0.15, 0.2) is 30.3 Å². The van der Waals surface area contributed by atoms with Crippen molar-refractivity contribution < 1.29 is 0 Å². The molecule has 0 atom stereocenters. The molecule has 0 saturated heterocycles. The number of hydrogen-bond acceptors (Lipinski definition) is 0. The van der Waals surface area contributed by atoms with Crippen LogP contribution in [0, 0.1) is 0 Å². The molecule has 5 heteroatoms. The minimum Gasteiger partial charge on any atom is -0.130 e. The fourth-order valence-corrected chi connectivity index (χ4v) is 0.560. The second-order valence-electron chi connectivity index (χ2n) is 1.54. The summed E-state index contributed by atoms with van der Waals surface area (Å²) in [5.74, 6) is 0. The van der Waals surface area contributed by atoms with E-state index in [1.54, 1.807) is 0 Å². The Balaban J connectivity index is 0.000000218. The van der Waals surface area contributed by atoms with Crippen molar-refractivity contribution in [1.82, 2.24) is 0 Å². The molecule has 1 aromatic rings. The van der Waals surface area contributed by atoms with Crippen LogP contribution in [0.5, 0.6) is 0 Å². The van der Waals surface area contributed by atoms with Crippen molar-refractivity contribution in [2.45, 2.75) is 0 Å². The van der Waals surface area contributed by atoms with Crippen LogP contribution in [0.25, 0.3) is 0 Å². The lowest BCUT2D eigenvalue weighted by Gasteiger charge is -1.80. The molecule has 1 rings (SSSR count). The van der Waals surface area contributed by atoms with E-state index in [1.807, 2.05) is 30.3 Å². The third-order valence-corrected chi connectivity index (χ3v) is 0.985. The van der Waals surface area contributed by atoms with E-state index in [-0.39, 0.29) is 0 Å². The molecule has 0 aromatic heterocycles. The van der Waals surface area contributed by atoms with Crippen LogP contribution in [0.4, 0.5) is 0 Å². The Morgan fingerprint density at radius 2 is 1.27 bits per heavy atom. The monoisotopic (exact) mass is 246 g/mol. The largest absolute Gasteiger partial charge is 0.326 e. The minimum atomic E-state index is -1.72. The molecule has 0 unspecified atom stereocenters. The molecule has 0 saturated carbocycles. The van der Waals surface area contributed by atoms with Gasteiger partial charge >= 0.3 is 6.73 Å². The van der Waals surface area contributed by atoms with Crippen LogP contribution in [-0.2, 0) is 0 Å². The lowest BCUT2D eigenvalue weighted by atomic mass is 10.4. The van der Waals surface area contributed by atoms with Crippen molar-refractivity contribution in [1.29, 1.82) is 0 Å². The van der Waals surface area contributed by atoms with Gasteiger partial charge in [-0.1, -0.05) is 29.8 Å². The first kappa shape index (κ1) is 11.6. The average molecular weight is 248 g/mol. The zero-order chi connectivity index (χ0) is 8.69. The number of hydrogen-bond donors (Lipinski definition) is 0. The molecule has 0 aliphatic heterocycles. The Kier molecular flexibility index (Phi) is 7.65. The fraction of sp³-hybridized carbons (Fsp3) is 0. The molecular weight excluding hydrogens is 242 g/mol. The molecule has 0 heterocycles. The Morgan fingerprint density at radius 1 is 0.909 bits per heavy atom. The highest BCUT2D eigenvalue weighted by atomic mass is 35.8. The maximum atomic E-state index is 5.54. The van der Waals surface area contributed by atoms with Crippen LogP contribution in [0.2, 0.25) is 5.02 Å². The summed E-state index contributed by atoms with van der Waals surface area (Å²) in [5.41, 5.74) is 0. The van der Waals surface area contributed by atoms with Crippen LogP contribution in [0.3, 0.4) is 0 Å². The van der Waals surface area contributed by atoms with Gasteiger partial charge in [-0.3, -0.25) is 0 Å². The zero-order valence-electron chi connectivity index (χ0n) is 5.48. The second kappa shape index (κ2) is 7.26. The van der Waals surface area contributed by atoms with Crippen molar-refractivity contribution in [3.05, 3.63) is 35.4 Å². The van der Waals surface area contributed by atoms with Gasteiger partial charge in [0.25, 0.3) is 0 Å². The summed E-state index contributed by atoms with van der Waals surface area (Å²) in [7, 11) is 0. The van der Waals surface area contributed by atoms with Crippen LogP contribution < -0.4 is 0 Å². The van der Waals surface area contributed by atoms with Crippen molar-refractivity contribution in [2.24, 2.45) is 0 Å². The summed E-state index contributed by atoms with van der Waals surface area (Å²) in [6.07, 6.45) is 0. The topological polar surface area (TPSA) is 0 Å². The first-order chi connectivity index (χ1) is 5.13. The van der Waals surface area contributed by atoms with Gasteiger partial charge in [0.1, 0.15) is 0 Å². The molecule has 0 nitrogen and oxygen atoms in total. The third-order valence-electron chi connectivity index (χ3n) is 0.733. The highest BCUT2D eigenvalue weighted by molar-refractivity contribution is 7.54. The zero-order valence-corrected chi connectivity index (χ0v) is 9.65. The van der Waals surface area contributed by atoms with Gasteiger partial charge in [0.2, 0.25) is 0 Å². The van der Waals surface area contributed by atoms with Crippen molar-refractivity contribution in [3.63, 3.8) is 0 Å². The van der Waals surface area contributed by atoms with E-state index >= 15 is 0 Å². The second-order valence-corrected chi connectivity index (χ2v) is 8.41. The predicted octanol–water partition coefficient (Wildman–Crippen LogP) is 3.76. The van der Waals surface area contributed by atoms with E-state index in [0.29, 0.717) is 0 Å². The van der Waals surface area contributed by atoms with E-state index in [1.165, 1.54) is 0 Å². The highest BCUT2D eigenvalue weighted by Crippen LogP contribution is 2.03. The van der Waals surface area contributed by atoms with E-state index in [0.717, 1.165) is 5.02 Å². The number of benzene rings is 1. The van der Waals surface area contributed by atoms with Crippen LogP contribution >= 0.6 is 44.8 Å². The summed E-state index contributed by atoms with van der Waals surface area (Å²) >= 11 is 20.4. The highest BCUT2D eigenvalue weighted by Gasteiger charge is 1.85. The van der Waals surface area contributed by atoms with E-state index < -0.39 is 6.73 Å². The van der Waals surface area contributed by atoms with E-state index in [9.17, 15) is 0 Å². The number of halogens is 4. The van der Waals surface area contributed by atoms with Gasteiger partial charge in [-0.2, -0.15) is 0 Å². The average Bonchev–Trinajstić information content (AvgIpc) is 1.87. The van der Waals surface area contributed by atoms with Gasteiger partial charge in [-0.15, -0.1) is 33.2 Å². The van der Waals surface area contributed by atoms with Gasteiger partial charge in [0.15, 0.2) is 0 Å². The first-order valence-electron chi connectivity index (χ1n) is 2.75. The molecule has 0 spiro atoms. The van der Waals surface area contributed by atoms with Crippen LogP contribution in [-0.4, -0.2) is 6.73 Å². The fourth-order valence-electron chi connectivity index (χ4n) is 0.415. The predicted molar refractivity (Wildman–Crippen MR) is 56.2 cm³/mol. The molecule has 0 N–H and O–H groups in total. The van der Waals surface area contributed by atoms with Gasteiger partial charge in [-0.05, 0) is 12.1 Å². The molecule has 0 radical (unpaired) electrons. The van der Waals surface area contributed by atoms with Gasteiger partial charge in [-0.25, -0.2) is 0 Å². The molecular formula is C6H6Cl4Si. The van der Waals surface area contributed by atoms with Crippen molar-refractivity contribution in [2.75, 3.05) is 0 Å². The Morgan fingerprint density at radius 3 is 1.45 bits per heavy atom. The molecule has 1 aromatic carbocycles.